The van der Waals surface area contributed by atoms with Crippen LogP contribution in [0.3, 0.4) is 0 Å². The second-order valence-electron chi connectivity index (χ2n) is 4.63. The molecule has 0 fully saturated rings. The van der Waals surface area contributed by atoms with E-state index in [1.165, 1.54) is 5.56 Å². The maximum absolute atomic E-state index is 5.63. The van der Waals surface area contributed by atoms with Gasteiger partial charge in [-0.15, -0.1) is 24.0 Å². The van der Waals surface area contributed by atoms with Crippen LogP contribution >= 0.6 is 24.0 Å². The zero-order chi connectivity index (χ0) is 13.5. The summed E-state index contributed by atoms with van der Waals surface area (Å²) in [6.45, 7) is 3.31. The largest absolute Gasteiger partial charge is 0.492 e. The summed E-state index contributed by atoms with van der Waals surface area (Å²) in [6.07, 6.45) is 0. The first-order valence-corrected chi connectivity index (χ1v) is 6.09. The van der Waals surface area contributed by atoms with Gasteiger partial charge in [-0.05, 0) is 19.1 Å². The Kier molecular flexibility index (Phi) is 8.54. The fourth-order valence-electron chi connectivity index (χ4n) is 1.63. The van der Waals surface area contributed by atoms with Crippen LogP contribution in [0.2, 0.25) is 0 Å². The first-order chi connectivity index (χ1) is 8.50. The topological polar surface area (TPSA) is 28.1 Å². The molecule has 0 amide bonds. The molecule has 5 heteroatoms. The number of nitrogens with zero attached hydrogens (tertiary/aromatic N) is 3. The molecule has 1 rings (SSSR count). The van der Waals surface area contributed by atoms with E-state index in [1.807, 2.05) is 62.3 Å². The van der Waals surface area contributed by atoms with Crippen molar-refractivity contribution in [2.75, 3.05) is 41.3 Å². The summed E-state index contributed by atoms with van der Waals surface area (Å²) in [4.78, 5) is 8.48. The van der Waals surface area contributed by atoms with Gasteiger partial charge in [-0.25, -0.2) is 4.99 Å². The number of ether oxygens (including phenoxy) is 1. The standard InChI is InChI=1S/C14H23N3O.HI/c1-12-6-8-13(9-7-12)18-11-10-15-14(16(2)3)17(4)5;/h6-9H,10-11H2,1-5H3;1H. The first kappa shape index (κ1) is 18.0. The van der Waals surface area contributed by atoms with Crippen molar-refractivity contribution in [3.8, 4) is 5.75 Å². The van der Waals surface area contributed by atoms with Gasteiger partial charge in [-0.3, -0.25) is 0 Å². The lowest BCUT2D eigenvalue weighted by Crippen LogP contribution is -2.35. The highest BCUT2D eigenvalue weighted by Crippen LogP contribution is 2.10. The molecule has 0 atom stereocenters. The lowest BCUT2D eigenvalue weighted by Gasteiger charge is -2.22. The van der Waals surface area contributed by atoms with Crippen molar-refractivity contribution in [3.63, 3.8) is 0 Å². The molecule has 0 N–H and O–H groups in total. The van der Waals surface area contributed by atoms with Crippen LogP contribution in [-0.2, 0) is 0 Å². The first-order valence-electron chi connectivity index (χ1n) is 6.09. The molecule has 1 aromatic carbocycles. The molecule has 0 aliphatic heterocycles. The minimum absolute atomic E-state index is 0. The fraction of sp³-hybridized carbons (Fsp3) is 0.500. The predicted octanol–water partition coefficient (Wildman–Crippen LogP) is 2.47. The van der Waals surface area contributed by atoms with Crippen molar-refractivity contribution in [3.05, 3.63) is 29.8 Å². The Morgan fingerprint density at radius 3 is 2.05 bits per heavy atom. The molecule has 108 valence electrons. The number of hydrogen-bond acceptors (Lipinski definition) is 2. The third kappa shape index (κ3) is 6.66. The molecule has 19 heavy (non-hydrogen) atoms. The molecule has 0 unspecified atom stereocenters. The van der Waals surface area contributed by atoms with Crippen molar-refractivity contribution < 1.29 is 4.74 Å². The Morgan fingerprint density at radius 2 is 1.58 bits per heavy atom. The van der Waals surface area contributed by atoms with E-state index < -0.39 is 0 Å². The summed E-state index contributed by atoms with van der Waals surface area (Å²) in [6, 6.07) is 8.06. The quantitative estimate of drug-likeness (QED) is 0.349. The zero-order valence-corrected chi connectivity index (χ0v) is 14.7. The average molecular weight is 377 g/mol. The van der Waals surface area contributed by atoms with Gasteiger partial charge in [-0.2, -0.15) is 0 Å². The normalized spacial score (nSPS) is 9.32. The van der Waals surface area contributed by atoms with E-state index in [2.05, 4.69) is 11.9 Å². The van der Waals surface area contributed by atoms with E-state index in [0.29, 0.717) is 13.2 Å². The molecule has 0 saturated carbocycles. The third-order valence-corrected chi connectivity index (χ3v) is 2.43. The van der Waals surface area contributed by atoms with Gasteiger partial charge in [0.2, 0.25) is 0 Å². The molecule has 0 aliphatic rings. The van der Waals surface area contributed by atoms with Crippen molar-refractivity contribution in [1.82, 2.24) is 9.80 Å². The number of halogens is 1. The van der Waals surface area contributed by atoms with E-state index in [9.17, 15) is 0 Å². The van der Waals surface area contributed by atoms with Crippen LogP contribution < -0.4 is 4.74 Å². The van der Waals surface area contributed by atoms with Gasteiger partial charge in [-0.1, -0.05) is 17.7 Å². The number of aliphatic imine (C=N–C) groups is 1. The maximum Gasteiger partial charge on any atom is 0.195 e. The number of guanidine groups is 1. The van der Waals surface area contributed by atoms with Crippen LogP contribution in [-0.4, -0.2) is 57.1 Å². The highest BCUT2D eigenvalue weighted by molar-refractivity contribution is 14.0. The summed E-state index contributed by atoms with van der Waals surface area (Å²) in [5.41, 5.74) is 1.24. The molecule has 0 spiro atoms. The lowest BCUT2D eigenvalue weighted by atomic mass is 10.2. The minimum atomic E-state index is 0. The molecule has 0 bridgehead atoms. The van der Waals surface area contributed by atoms with Gasteiger partial charge in [0, 0.05) is 28.2 Å². The van der Waals surface area contributed by atoms with Gasteiger partial charge in [0.25, 0.3) is 0 Å². The molecular formula is C14H24IN3O. The van der Waals surface area contributed by atoms with Gasteiger partial charge < -0.3 is 14.5 Å². The van der Waals surface area contributed by atoms with Crippen molar-refractivity contribution >= 4 is 29.9 Å². The SMILES string of the molecule is Cc1ccc(OCCN=C(N(C)C)N(C)C)cc1.I. The Labute approximate surface area is 133 Å². The van der Waals surface area contributed by atoms with Crippen molar-refractivity contribution in [2.45, 2.75) is 6.92 Å². The Balaban J connectivity index is 0.00000324. The summed E-state index contributed by atoms with van der Waals surface area (Å²) < 4.78 is 5.63. The molecule has 0 aromatic heterocycles. The summed E-state index contributed by atoms with van der Waals surface area (Å²) in [5, 5.41) is 0. The lowest BCUT2D eigenvalue weighted by molar-refractivity contribution is 0.326. The highest BCUT2D eigenvalue weighted by atomic mass is 127. The van der Waals surface area contributed by atoms with Crippen LogP contribution in [0.4, 0.5) is 0 Å². The number of hydrogen-bond donors (Lipinski definition) is 0. The Morgan fingerprint density at radius 1 is 1.05 bits per heavy atom. The number of benzene rings is 1. The van der Waals surface area contributed by atoms with Crippen LogP contribution in [0.15, 0.2) is 29.3 Å². The van der Waals surface area contributed by atoms with E-state index in [4.69, 9.17) is 4.74 Å². The van der Waals surface area contributed by atoms with E-state index in [1.54, 1.807) is 0 Å². The third-order valence-electron chi connectivity index (χ3n) is 2.43. The van der Waals surface area contributed by atoms with Crippen molar-refractivity contribution in [1.29, 1.82) is 0 Å². The second kappa shape index (κ2) is 9.01. The summed E-state index contributed by atoms with van der Waals surface area (Å²) in [5.74, 6) is 1.84. The monoisotopic (exact) mass is 377 g/mol. The molecule has 4 nitrogen and oxygen atoms in total. The highest BCUT2D eigenvalue weighted by Gasteiger charge is 2.03. The Bertz CT molecular complexity index is 378. The molecule has 0 heterocycles. The van der Waals surface area contributed by atoms with Gasteiger partial charge in [0.1, 0.15) is 12.4 Å². The van der Waals surface area contributed by atoms with Crippen molar-refractivity contribution in [2.24, 2.45) is 4.99 Å². The zero-order valence-electron chi connectivity index (χ0n) is 12.4. The smallest absolute Gasteiger partial charge is 0.195 e. The second-order valence-corrected chi connectivity index (χ2v) is 4.63. The van der Waals surface area contributed by atoms with E-state index in [-0.39, 0.29) is 24.0 Å². The number of aryl methyl sites for hydroxylation is 1. The molecule has 0 aliphatic carbocycles. The molecule has 0 radical (unpaired) electrons. The van der Waals surface area contributed by atoms with Crippen LogP contribution in [0.5, 0.6) is 5.75 Å². The molecule has 1 aromatic rings. The van der Waals surface area contributed by atoms with Gasteiger partial charge >= 0.3 is 0 Å². The summed E-state index contributed by atoms with van der Waals surface area (Å²) in [7, 11) is 7.94. The number of rotatable bonds is 4. The Hall–Kier alpha value is -0.980. The minimum Gasteiger partial charge on any atom is -0.492 e. The molecule has 0 saturated heterocycles. The van der Waals surface area contributed by atoms with E-state index >= 15 is 0 Å². The van der Waals surface area contributed by atoms with Crippen LogP contribution in [0, 0.1) is 6.92 Å². The van der Waals surface area contributed by atoms with Gasteiger partial charge in [0.15, 0.2) is 5.96 Å². The fourth-order valence-corrected chi connectivity index (χ4v) is 1.63. The van der Waals surface area contributed by atoms with E-state index in [0.717, 1.165) is 11.7 Å². The van der Waals surface area contributed by atoms with Crippen LogP contribution in [0.1, 0.15) is 5.56 Å². The van der Waals surface area contributed by atoms with Gasteiger partial charge in [0.05, 0.1) is 6.54 Å². The van der Waals surface area contributed by atoms with Crippen LogP contribution in [0.25, 0.3) is 0 Å². The average Bonchev–Trinajstić information content (AvgIpc) is 2.30. The maximum atomic E-state index is 5.63. The summed E-state index contributed by atoms with van der Waals surface area (Å²) >= 11 is 0. The molecular weight excluding hydrogens is 353 g/mol. The predicted molar refractivity (Wildman–Crippen MR) is 91.8 cm³/mol.